The van der Waals surface area contributed by atoms with Crippen LogP contribution in [0.5, 0.6) is 5.75 Å². The van der Waals surface area contributed by atoms with Crippen LogP contribution < -0.4 is 4.74 Å². The summed E-state index contributed by atoms with van der Waals surface area (Å²) >= 11 is 0. The fraction of sp³-hybridized carbons (Fsp3) is 0.538. The molecule has 4 heteroatoms. The van der Waals surface area contributed by atoms with E-state index in [4.69, 9.17) is 4.74 Å². The molecule has 0 aromatic heterocycles. The molecule has 0 aliphatic rings. The van der Waals surface area contributed by atoms with E-state index in [2.05, 4.69) is 0 Å². The molecule has 0 radical (unpaired) electrons. The number of hydrogen-bond donors (Lipinski definition) is 1. The van der Waals surface area contributed by atoms with Crippen molar-refractivity contribution in [1.82, 2.24) is 0 Å². The van der Waals surface area contributed by atoms with Crippen molar-refractivity contribution in [3.8, 4) is 5.75 Å². The first kappa shape index (κ1) is 13.9. The number of halogens is 2. The third-order valence-electron chi connectivity index (χ3n) is 3.01. The van der Waals surface area contributed by atoms with E-state index in [1.54, 1.807) is 24.3 Å². The monoisotopic (exact) mass is 244 g/mol. The Labute approximate surface area is 100 Å². The quantitative estimate of drug-likeness (QED) is 0.862. The van der Waals surface area contributed by atoms with Gasteiger partial charge in [-0.15, -0.1) is 0 Å². The van der Waals surface area contributed by atoms with Crippen LogP contribution in [0, 0.1) is 5.92 Å². The van der Waals surface area contributed by atoms with Gasteiger partial charge in [0.05, 0.1) is 12.2 Å². The number of ether oxygens (including phenoxy) is 1. The highest BCUT2D eigenvalue weighted by atomic mass is 19.3. The van der Waals surface area contributed by atoms with Gasteiger partial charge in [0.25, 0.3) is 0 Å². The van der Waals surface area contributed by atoms with Crippen molar-refractivity contribution < 1.29 is 18.6 Å². The van der Waals surface area contributed by atoms with Crippen LogP contribution in [0.3, 0.4) is 0 Å². The summed E-state index contributed by atoms with van der Waals surface area (Å²) in [5.41, 5.74) is -1.08. The SMILES string of the molecule is CCOc1ccc(C(C)(O)C(C)C(F)F)cc1. The minimum Gasteiger partial charge on any atom is -0.494 e. The summed E-state index contributed by atoms with van der Waals surface area (Å²) in [5, 5.41) is 10.1. The van der Waals surface area contributed by atoms with Gasteiger partial charge in [-0.05, 0) is 31.5 Å². The number of aliphatic hydroxyl groups is 1. The molecular weight excluding hydrogens is 226 g/mol. The molecule has 0 amide bonds. The number of benzene rings is 1. The minimum atomic E-state index is -2.56. The maximum absolute atomic E-state index is 12.6. The van der Waals surface area contributed by atoms with Gasteiger partial charge in [-0.3, -0.25) is 0 Å². The molecule has 1 N–H and O–H groups in total. The van der Waals surface area contributed by atoms with Crippen LogP contribution in [0.4, 0.5) is 8.78 Å². The van der Waals surface area contributed by atoms with Gasteiger partial charge in [0.15, 0.2) is 0 Å². The summed E-state index contributed by atoms with van der Waals surface area (Å²) in [6.45, 7) is 5.15. The van der Waals surface area contributed by atoms with Gasteiger partial charge in [0, 0.05) is 5.92 Å². The van der Waals surface area contributed by atoms with Crippen molar-refractivity contribution in [2.24, 2.45) is 5.92 Å². The molecule has 1 aromatic rings. The zero-order valence-corrected chi connectivity index (χ0v) is 10.3. The summed E-state index contributed by atoms with van der Waals surface area (Å²) in [4.78, 5) is 0. The Morgan fingerprint density at radius 1 is 1.29 bits per heavy atom. The minimum absolute atomic E-state index is 0.466. The summed E-state index contributed by atoms with van der Waals surface area (Å²) in [6, 6.07) is 6.57. The number of rotatable bonds is 5. The fourth-order valence-electron chi connectivity index (χ4n) is 1.56. The summed E-state index contributed by atoms with van der Waals surface area (Å²) in [5.74, 6) is -0.461. The Morgan fingerprint density at radius 3 is 2.24 bits per heavy atom. The lowest BCUT2D eigenvalue weighted by Gasteiger charge is -2.30. The molecule has 96 valence electrons. The normalized spacial score (nSPS) is 16.6. The van der Waals surface area contributed by atoms with E-state index in [0.29, 0.717) is 17.9 Å². The summed E-state index contributed by atoms with van der Waals surface area (Å²) in [6.07, 6.45) is -2.56. The Kier molecular flexibility index (Phi) is 4.46. The van der Waals surface area contributed by atoms with Gasteiger partial charge >= 0.3 is 0 Å². The lowest BCUT2D eigenvalue weighted by Crippen LogP contribution is -2.34. The van der Waals surface area contributed by atoms with Crippen molar-refractivity contribution in [2.45, 2.75) is 32.8 Å². The Bertz CT molecular complexity index is 347. The predicted molar refractivity (Wildman–Crippen MR) is 62.3 cm³/mol. The second-order valence-corrected chi connectivity index (χ2v) is 4.23. The first-order valence-corrected chi connectivity index (χ1v) is 5.63. The predicted octanol–water partition coefficient (Wildman–Crippen LogP) is 3.19. The van der Waals surface area contributed by atoms with Crippen LogP contribution in [0.2, 0.25) is 0 Å². The maximum Gasteiger partial charge on any atom is 0.244 e. The smallest absolute Gasteiger partial charge is 0.244 e. The highest BCUT2D eigenvalue weighted by Crippen LogP contribution is 2.33. The standard InChI is InChI=1S/C13H18F2O2/c1-4-17-11-7-5-10(6-8-11)13(3,16)9(2)12(14)15/h5-9,12,16H,4H2,1-3H3. The van der Waals surface area contributed by atoms with Crippen molar-refractivity contribution in [3.63, 3.8) is 0 Å². The molecule has 0 bridgehead atoms. The van der Waals surface area contributed by atoms with Gasteiger partial charge in [-0.25, -0.2) is 8.78 Å². The molecule has 0 heterocycles. The van der Waals surface area contributed by atoms with E-state index < -0.39 is 17.9 Å². The molecule has 0 saturated carbocycles. The third-order valence-corrected chi connectivity index (χ3v) is 3.01. The van der Waals surface area contributed by atoms with E-state index in [1.807, 2.05) is 6.92 Å². The summed E-state index contributed by atoms with van der Waals surface area (Å²) < 4.78 is 30.5. The van der Waals surface area contributed by atoms with Crippen LogP contribution in [0.25, 0.3) is 0 Å². The van der Waals surface area contributed by atoms with Gasteiger partial charge in [0.2, 0.25) is 6.43 Å². The van der Waals surface area contributed by atoms with Gasteiger partial charge < -0.3 is 9.84 Å². The van der Waals surface area contributed by atoms with Gasteiger partial charge in [-0.1, -0.05) is 19.1 Å². The zero-order chi connectivity index (χ0) is 13.1. The van der Waals surface area contributed by atoms with Crippen LogP contribution in [0.1, 0.15) is 26.3 Å². The average molecular weight is 244 g/mol. The maximum atomic E-state index is 12.6. The lowest BCUT2D eigenvalue weighted by atomic mass is 9.84. The van der Waals surface area contributed by atoms with E-state index in [9.17, 15) is 13.9 Å². The van der Waals surface area contributed by atoms with Gasteiger partial charge in [-0.2, -0.15) is 0 Å². The highest BCUT2D eigenvalue weighted by molar-refractivity contribution is 5.31. The second kappa shape index (κ2) is 5.45. The summed E-state index contributed by atoms with van der Waals surface area (Å²) in [7, 11) is 0. The molecule has 17 heavy (non-hydrogen) atoms. The molecule has 0 aliphatic carbocycles. The third kappa shape index (κ3) is 3.16. The van der Waals surface area contributed by atoms with Gasteiger partial charge in [0.1, 0.15) is 5.75 Å². The highest BCUT2D eigenvalue weighted by Gasteiger charge is 2.36. The van der Waals surface area contributed by atoms with Crippen molar-refractivity contribution in [2.75, 3.05) is 6.61 Å². The molecule has 2 nitrogen and oxygen atoms in total. The Balaban J connectivity index is 2.91. The number of hydrogen-bond acceptors (Lipinski definition) is 2. The lowest BCUT2D eigenvalue weighted by molar-refractivity contribution is -0.0696. The first-order chi connectivity index (χ1) is 7.89. The molecule has 0 fully saturated rings. The molecule has 0 saturated heterocycles. The molecule has 1 rings (SSSR count). The molecule has 0 aliphatic heterocycles. The Morgan fingerprint density at radius 2 is 1.82 bits per heavy atom. The van der Waals surface area contributed by atoms with E-state index >= 15 is 0 Å². The average Bonchev–Trinajstić information content (AvgIpc) is 2.29. The fourth-order valence-corrected chi connectivity index (χ4v) is 1.56. The largest absolute Gasteiger partial charge is 0.494 e. The van der Waals surface area contributed by atoms with Crippen molar-refractivity contribution >= 4 is 0 Å². The second-order valence-electron chi connectivity index (χ2n) is 4.23. The van der Waals surface area contributed by atoms with E-state index in [-0.39, 0.29) is 0 Å². The van der Waals surface area contributed by atoms with Crippen LogP contribution >= 0.6 is 0 Å². The van der Waals surface area contributed by atoms with Crippen LogP contribution in [-0.2, 0) is 5.60 Å². The van der Waals surface area contributed by atoms with E-state index in [0.717, 1.165) is 0 Å². The number of alkyl halides is 2. The van der Waals surface area contributed by atoms with E-state index in [1.165, 1.54) is 13.8 Å². The van der Waals surface area contributed by atoms with Crippen LogP contribution in [0.15, 0.2) is 24.3 Å². The van der Waals surface area contributed by atoms with Crippen molar-refractivity contribution in [1.29, 1.82) is 0 Å². The van der Waals surface area contributed by atoms with Crippen molar-refractivity contribution in [3.05, 3.63) is 29.8 Å². The molecule has 1 aromatic carbocycles. The topological polar surface area (TPSA) is 29.5 Å². The van der Waals surface area contributed by atoms with Crippen LogP contribution in [-0.4, -0.2) is 18.1 Å². The first-order valence-electron chi connectivity index (χ1n) is 5.63. The zero-order valence-electron chi connectivity index (χ0n) is 10.3. The molecule has 0 spiro atoms. The molecule has 2 unspecified atom stereocenters. The Hall–Kier alpha value is -1.16. The molecule has 2 atom stereocenters. The molecular formula is C13H18F2O2.